The summed E-state index contributed by atoms with van der Waals surface area (Å²) in [6.45, 7) is 0. The van der Waals surface area contributed by atoms with Crippen LogP contribution in [0.4, 0.5) is 11.5 Å². The lowest BCUT2D eigenvalue weighted by Gasteiger charge is -2.06. The van der Waals surface area contributed by atoms with E-state index in [9.17, 15) is 5.11 Å². The Bertz CT molecular complexity index is 459. The highest BCUT2D eigenvalue weighted by atomic mass is 79.9. The fraction of sp³-hybridized carbons (Fsp3) is 0. The molecule has 0 saturated carbocycles. The molecule has 76 valence electrons. The van der Waals surface area contributed by atoms with Gasteiger partial charge in [0, 0.05) is 16.4 Å². The standard InChI is InChI=1S/C11H9BrN2O/c12-8-6-10(15)11(13-7-8)14-9-4-2-1-3-5-9/h1-7,15H,(H,13,14). The van der Waals surface area contributed by atoms with E-state index in [4.69, 9.17) is 0 Å². The zero-order chi connectivity index (χ0) is 10.7. The van der Waals surface area contributed by atoms with Crippen molar-refractivity contribution in [1.29, 1.82) is 0 Å². The lowest BCUT2D eigenvalue weighted by Crippen LogP contribution is -1.93. The largest absolute Gasteiger partial charge is 0.504 e. The predicted octanol–water partition coefficient (Wildman–Crippen LogP) is 3.29. The molecule has 1 heterocycles. The average molecular weight is 265 g/mol. The van der Waals surface area contributed by atoms with E-state index in [1.807, 2.05) is 30.3 Å². The zero-order valence-electron chi connectivity index (χ0n) is 7.81. The Labute approximate surface area is 95.9 Å². The summed E-state index contributed by atoms with van der Waals surface area (Å²) in [7, 11) is 0. The molecule has 0 spiro atoms. The van der Waals surface area contributed by atoms with Crippen molar-refractivity contribution in [2.45, 2.75) is 0 Å². The average Bonchev–Trinajstić information content (AvgIpc) is 2.24. The second kappa shape index (κ2) is 4.31. The number of rotatable bonds is 2. The lowest BCUT2D eigenvalue weighted by atomic mass is 10.3. The molecule has 0 aliphatic carbocycles. The van der Waals surface area contributed by atoms with Crippen LogP contribution >= 0.6 is 15.9 Å². The second-order valence-electron chi connectivity index (χ2n) is 3.01. The lowest BCUT2D eigenvalue weighted by molar-refractivity contribution is 0.475. The molecule has 0 radical (unpaired) electrons. The van der Waals surface area contributed by atoms with Crippen molar-refractivity contribution in [2.24, 2.45) is 0 Å². The first kappa shape index (κ1) is 9.98. The normalized spacial score (nSPS) is 9.93. The number of hydrogen-bond donors (Lipinski definition) is 2. The Balaban J connectivity index is 2.25. The summed E-state index contributed by atoms with van der Waals surface area (Å²) in [5.41, 5.74) is 0.891. The van der Waals surface area contributed by atoms with Crippen molar-refractivity contribution < 1.29 is 5.11 Å². The van der Waals surface area contributed by atoms with Crippen LogP contribution in [-0.4, -0.2) is 10.1 Å². The number of aromatic hydroxyl groups is 1. The number of para-hydroxylation sites is 1. The maximum atomic E-state index is 9.60. The van der Waals surface area contributed by atoms with Gasteiger partial charge in [0.05, 0.1) is 0 Å². The van der Waals surface area contributed by atoms with Crippen LogP contribution in [0.2, 0.25) is 0 Å². The summed E-state index contributed by atoms with van der Waals surface area (Å²) in [4.78, 5) is 4.07. The topological polar surface area (TPSA) is 45.2 Å². The van der Waals surface area contributed by atoms with E-state index in [1.54, 1.807) is 12.3 Å². The highest BCUT2D eigenvalue weighted by Crippen LogP contribution is 2.26. The summed E-state index contributed by atoms with van der Waals surface area (Å²) in [6, 6.07) is 11.2. The Morgan fingerprint density at radius 2 is 1.93 bits per heavy atom. The summed E-state index contributed by atoms with van der Waals surface area (Å²) in [5.74, 6) is 0.567. The van der Waals surface area contributed by atoms with E-state index in [0.29, 0.717) is 5.82 Å². The van der Waals surface area contributed by atoms with Crippen molar-refractivity contribution in [3.63, 3.8) is 0 Å². The van der Waals surface area contributed by atoms with E-state index in [2.05, 4.69) is 26.2 Å². The molecule has 15 heavy (non-hydrogen) atoms. The van der Waals surface area contributed by atoms with Gasteiger partial charge in [0.1, 0.15) is 0 Å². The minimum Gasteiger partial charge on any atom is -0.504 e. The molecule has 0 saturated heterocycles. The van der Waals surface area contributed by atoms with Crippen LogP contribution in [0.3, 0.4) is 0 Å². The van der Waals surface area contributed by atoms with Gasteiger partial charge in [-0.15, -0.1) is 0 Å². The van der Waals surface area contributed by atoms with E-state index in [0.717, 1.165) is 10.2 Å². The molecule has 2 N–H and O–H groups in total. The summed E-state index contributed by atoms with van der Waals surface area (Å²) in [5, 5.41) is 12.6. The van der Waals surface area contributed by atoms with Gasteiger partial charge in [0.25, 0.3) is 0 Å². The molecule has 1 aromatic carbocycles. The summed E-state index contributed by atoms with van der Waals surface area (Å²) < 4.78 is 0.749. The Morgan fingerprint density at radius 1 is 1.20 bits per heavy atom. The minimum atomic E-state index is 0.119. The van der Waals surface area contributed by atoms with Gasteiger partial charge >= 0.3 is 0 Å². The molecule has 0 bridgehead atoms. The SMILES string of the molecule is Oc1cc(Br)cnc1Nc1ccccc1. The van der Waals surface area contributed by atoms with Crippen LogP contribution in [0.5, 0.6) is 5.75 Å². The molecule has 0 aliphatic heterocycles. The van der Waals surface area contributed by atoms with Crippen LogP contribution in [-0.2, 0) is 0 Å². The second-order valence-corrected chi connectivity index (χ2v) is 3.93. The quantitative estimate of drug-likeness (QED) is 0.875. The first-order valence-electron chi connectivity index (χ1n) is 4.42. The minimum absolute atomic E-state index is 0.119. The third-order valence-electron chi connectivity index (χ3n) is 1.87. The molecule has 4 heteroatoms. The Morgan fingerprint density at radius 3 is 2.60 bits per heavy atom. The third-order valence-corrected chi connectivity index (χ3v) is 2.30. The first-order valence-corrected chi connectivity index (χ1v) is 5.21. The molecule has 2 rings (SSSR count). The van der Waals surface area contributed by atoms with Crippen LogP contribution in [0.1, 0.15) is 0 Å². The number of halogens is 1. The van der Waals surface area contributed by atoms with Gasteiger partial charge in [0.2, 0.25) is 0 Å². The fourth-order valence-electron chi connectivity index (χ4n) is 1.18. The summed E-state index contributed by atoms with van der Waals surface area (Å²) in [6.07, 6.45) is 1.63. The van der Waals surface area contributed by atoms with Gasteiger partial charge in [0.15, 0.2) is 11.6 Å². The van der Waals surface area contributed by atoms with E-state index < -0.39 is 0 Å². The van der Waals surface area contributed by atoms with E-state index in [-0.39, 0.29) is 5.75 Å². The van der Waals surface area contributed by atoms with Gasteiger partial charge in [-0.05, 0) is 34.1 Å². The predicted molar refractivity (Wildman–Crippen MR) is 63.3 cm³/mol. The smallest absolute Gasteiger partial charge is 0.173 e. The number of nitrogens with zero attached hydrogens (tertiary/aromatic N) is 1. The summed E-state index contributed by atoms with van der Waals surface area (Å²) >= 11 is 3.23. The van der Waals surface area contributed by atoms with E-state index >= 15 is 0 Å². The highest BCUT2D eigenvalue weighted by molar-refractivity contribution is 9.10. The van der Waals surface area contributed by atoms with Gasteiger partial charge in [-0.1, -0.05) is 18.2 Å². The number of aromatic nitrogens is 1. The number of anilines is 2. The molecule has 0 unspecified atom stereocenters. The Hall–Kier alpha value is -1.55. The van der Waals surface area contributed by atoms with Crippen molar-refractivity contribution in [3.8, 4) is 5.75 Å². The van der Waals surface area contributed by atoms with Crippen molar-refractivity contribution in [2.75, 3.05) is 5.32 Å². The maximum absolute atomic E-state index is 9.60. The molecule has 0 fully saturated rings. The van der Waals surface area contributed by atoms with Crippen molar-refractivity contribution in [1.82, 2.24) is 4.98 Å². The van der Waals surface area contributed by atoms with Crippen molar-refractivity contribution in [3.05, 3.63) is 47.1 Å². The molecule has 1 aromatic heterocycles. The van der Waals surface area contributed by atoms with Crippen LogP contribution in [0.15, 0.2) is 47.1 Å². The van der Waals surface area contributed by atoms with E-state index in [1.165, 1.54) is 0 Å². The zero-order valence-corrected chi connectivity index (χ0v) is 9.40. The maximum Gasteiger partial charge on any atom is 0.173 e. The number of hydrogen-bond acceptors (Lipinski definition) is 3. The molecule has 0 atom stereocenters. The van der Waals surface area contributed by atoms with Crippen molar-refractivity contribution >= 4 is 27.4 Å². The molecular weight excluding hydrogens is 256 g/mol. The molecule has 3 nitrogen and oxygen atoms in total. The first-order chi connectivity index (χ1) is 7.25. The molecule has 0 aliphatic rings. The molecule has 0 amide bonds. The monoisotopic (exact) mass is 264 g/mol. The number of pyridine rings is 1. The van der Waals surface area contributed by atoms with Crippen LogP contribution in [0.25, 0.3) is 0 Å². The highest BCUT2D eigenvalue weighted by Gasteiger charge is 2.02. The Kier molecular flexibility index (Phi) is 2.87. The fourth-order valence-corrected chi connectivity index (χ4v) is 1.50. The van der Waals surface area contributed by atoms with Gasteiger partial charge in [-0.3, -0.25) is 0 Å². The van der Waals surface area contributed by atoms with Crippen LogP contribution < -0.4 is 5.32 Å². The number of nitrogens with one attached hydrogen (secondary N) is 1. The van der Waals surface area contributed by atoms with Gasteiger partial charge < -0.3 is 10.4 Å². The third kappa shape index (κ3) is 2.47. The van der Waals surface area contributed by atoms with Crippen LogP contribution in [0, 0.1) is 0 Å². The van der Waals surface area contributed by atoms with Gasteiger partial charge in [-0.25, -0.2) is 4.98 Å². The van der Waals surface area contributed by atoms with Gasteiger partial charge in [-0.2, -0.15) is 0 Å². The molecule has 2 aromatic rings. The number of benzene rings is 1. The molecular formula is C11H9BrN2O.